The molecule has 0 bridgehead atoms. The zero-order valence-electron chi connectivity index (χ0n) is 7.86. The SMILES string of the molecule is COC(O)(CCC(C)(O)CO)ON. The molecule has 0 aromatic rings. The Kier molecular flexibility index (Phi) is 4.76. The molecule has 0 aromatic heterocycles. The van der Waals surface area contributed by atoms with Gasteiger partial charge >= 0.3 is 0 Å². The van der Waals surface area contributed by atoms with Crippen molar-refractivity contribution in [3.63, 3.8) is 0 Å². The van der Waals surface area contributed by atoms with Crippen molar-refractivity contribution in [2.45, 2.75) is 31.3 Å². The maximum atomic E-state index is 9.36. The lowest BCUT2D eigenvalue weighted by Crippen LogP contribution is -2.40. The first-order valence-corrected chi connectivity index (χ1v) is 3.88. The summed E-state index contributed by atoms with van der Waals surface area (Å²) in [6.45, 7) is 1.02. The summed E-state index contributed by atoms with van der Waals surface area (Å²) in [5, 5.41) is 27.4. The molecule has 0 aromatic carbocycles. The lowest BCUT2D eigenvalue weighted by molar-refractivity contribution is -0.359. The predicted molar refractivity (Wildman–Crippen MR) is 44.2 cm³/mol. The van der Waals surface area contributed by atoms with Crippen molar-refractivity contribution in [1.29, 1.82) is 0 Å². The fourth-order valence-corrected chi connectivity index (χ4v) is 0.715. The van der Waals surface area contributed by atoms with Crippen molar-refractivity contribution in [3.05, 3.63) is 0 Å². The van der Waals surface area contributed by atoms with Gasteiger partial charge in [-0.05, 0) is 13.3 Å². The van der Waals surface area contributed by atoms with Crippen LogP contribution in [0.15, 0.2) is 0 Å². The Balaban J connectivity index is 3.99. The van der Waals surface area contributed by atoms with E-state index in [1.807, 2.05) is 0 Å². The highest BCUT2D eigenvalue weighted by Gasteiger charge is 2.31. The monoisotopic (exact) mass is 195 g/mol. The number of methoxy groups -OCH3 is 1. The Morgan fingerprint density at radius 2 is 1.85 bits per heavy atom. The van der Waals surface area contributed by atoms with Crippen LogP contribution in [-0.4, -0.2) is 40.6 Å². The molecule has 2 atom stereocenters. The van der Waals surface area contributed by atoms with Crippen molar-refractivity contribution in [3.8, 4) is 0 Å². The van der Waals surface area contributed by atoms with E-state index in [9.17, 15) is 10.2 Å². The lowest BCUT2D eigenvalue weighted by Gasteiger charge is -2.27. The van der Waals surface area contributed by atoms with Crippen LogP contribution < -0.4 is 5.90 Å². The molecule has 80 valence electrons. The van der Waals surface area contributed by atoms with Gasteiger partial charge in [-0.1, -0.05) is 0 Å². The molecule has 0 aliphatic rings. The maximum absolute atomic E-state index is 9.36. The van der Waals surface area contributed by atoms with E-state index in [1.54, 1.807) is 0 Å². The molecule has 2 unspecified atom stereocenters. The Labute approximate surface area is 76.8 Å². The maximum Gasteiger partial charge on any atom is 0.296 e. The van der Waals surface area contributed by atoms with Gasteiger partial charge in [0.25, 0.3) is 5.97 Å². The molecular weight excluding hydrogens is 178 g/mol. The largest absolute Gasteiger partial charge is 0.393 e. The fraction of sp³-hybridized carbons (Fsp3) is 1.00. The molecular formula is C7H17NO5. The molecule has 0 radical (unpaired) electrons. The summed E-state index contributed by atoms with van der Waals surface area (Å²) in [5.74, 6) is 2.87. The van der Waals surface area contributed by atoms with Crippen molar-refractivity contribution in [1.82, 2.24) is 0 Å². The van der Waals surface area contributed by atoms with Gasteiger partial charge in [0.1, 0.15) is 0 Å². The van der Waals surface area contributed by atoms with Crippen LogP contribution in [0.5, 0.6) is 0 Å². The van der Waals surface area contributed by atoms with Gasteiger partial charge in [0.05, 0.1) is 12.2 Å². The summed E-state index contributed by atoms with van der Waals surface area (Å²) in [4.78, 5) is 4.17. The van der Waals surface area contributed by atoms with Gasteiger partial charge in [0.15, 0.2) is 0 Å². The average molecular weight is 195 g/mol. The summed E-state index contributed by atoms with van der Waals surface area (Å²) in [5.41, 5.74) is -1.27. The number of nitrogens with two attached hydrogens (primary N) is 1. The molecule has 6 heteroatoms. The van der Waals surface area contributed by atoms with Crippen LogP contribution in [0.1, 0.15) is 19.8 Å². The van der Waals surface area contributed by atoms with Crippen LogP contribution in [0.3, 0.4) is 0 Å². The zero-order chi connectivity index (χ0) is 10.5. The second-order valence-electron chi connectivity index (χ2n) is 3.19. The number of aliphatic hydroxyl groups excluding tert-OH is 1. The first-order valence-electron chi connectivity index (χ1n) is 3.88. The lowest BCUT2D eigenvalue weighted by atomic mass is 10.0. The summed E-state index contributed by atoms with van der Waals surface area (Å²) in [7, 11) is 1.22. The second kappa shape index (κ2) is 4.85. The highest BCUT2D eigenvalue weighted by molar-refractivity contribution is 4.72. The van der Waals surface area contributed by atoms with E-state index in [0.29, 0.717) is 0 Å². The summed E-state index contributed by atoms with van der Waals surface area (Å²) in [6, 6.07) is 0. The van der Waals surface area contributed by atoms with Crippen LogP contribution in [0.2, 0.25) is 0 Å². The topological polar surface area (TPSA) is 105 Å². The first-order chi connectivity index (χ1) is 5.89. The number of hydrogen-bond acceptors (Lipinski definition) is 6. The highest BCUT2D eigenvalue weighted by atomic mass is 16.9. The van der Waals surface area contributed by atoms with Gasteiger partial charge in [-0.3, -0.25) is 0 Å². The van der Waals surface area contributed by atoms with Gasteiger partial charge in [0.2, 0.25) is 0 Å². The molecule has 0 aliphatic heterocycles. The Morgan fingerprint density at radius 3 is 2.15 bits per heavy atom. The van der Waals surface area contributed by atoms with E-state index in [1.165, 1.54) is 14.0 Å². The average Bonchev–Trinajstić information content (AvgIpc) is 2.14. The molecule has 0 spiro atoms. The molecule has 5 N–H and O–H groups in total. The minimum Gasteiger partial charge on any atom is -0.393 e. The van der Waals surface area contributed by atoms with Crippen molar-refractivity contribution in [2.75, 3.05) is 13.7 Å². The zero-order valence-corrected chi connectivity index (χ0v) is 7.86. The number of hydrogen-bond donors (Lipinski definition) is 4. The van der Waals surface area contributed by atoms with Crippen LogP contribution in [0, 0.1) is 0 Å². The van der Waals surface area contributed by atoms with Crippen molar-refractivity contribution >= 4 is 0 Å². The van der Waals surface area contributed by atoms with Gasteiger partial charge in [-0.25, -0.2) is 10.7 Å². The molecule has 13 heavy (non-hydrogen) atoms. The Hall–Kier alpha value is -0.240. The van der Waals surface area contributed by atoms with E-state index in [0.717, 1.165) is 0 Å². The normalized spacial score (nSPS) is 20.8. The summed E-state index contributed by atoms with van der Waals surface area (Å²) < 4.78 is 4.54. The Bertz CT molecular complexity index is 146. The molecule has 0 aliphatic carbocycles. The molecule has 0 amide bonds. The molecule has 0 rings (SSSR count). The minimum absolute atomic E-state index is 0.0342. The van der Waals surface area contributed by atoms with E-state index in [2.05, 4.69) is 9.57 Å². The third kappa shape index (κ3) is 4.51. The standard InChI is InChI=1S/C7H17NO5/c1-6(10,5-9)3-4-7(11,12-2)13-8/h9-11H,3-5,8H2,1-2H3. The van der Waals surface area contributed by atoms with E-state index < -0.39 is 18.2 Å². The quantitative estimate of drug-likeness (QED) is 0.310. The van der Waals surface area contributed by atoms with Gasteiger partial charge in [-0.2, -0.15) is 0 Å². The molecule has 0 saturated carbocycles. The third-order valence-corrected chi connectivity index (χ3v) is 1.82. The molecule has 0 fully saturated rings. The Morgan fingerprint density at radius 1 is 1.31 bits per heavy atom. The number of aliphatic hydroxyl groups is 3. The smallest absolute Gasteiger partial charge is 0.296 e. The van der Waals surface area contributed by atoms with Gasteiger partial charge in [-0.15, -0.1) is 0 Å². The minimum atomic E-state index is -1.90. The van der Waals surface area contributed by atoms with Crippen LogP contribution in [-0.2, 0) is 9.57 Å². The first kappa shape index (κ1) is 12.8. The van der Waals surface area contributed by atoms with E-state index in [-0.39, 0.29) is 12.8 Å². The third-order valence-electron chi connectivity index (χ3n) is 1.82. The summed E-state index contributed by atoms with van der Waals surface area (Å²) >= 11 is 0. The van der Waals surface area contributed by atoms with Crippen LogP contribution in [0.25, 0.3) is 0 Å². The van der Waals surface area contributed by atoms with Gasteiger partial charge in [0, 0.05) is 13.5 Å². The number of rotatable bonds is 6. The molecule has 0 saturated heterocycles. The van der Waals surface area contributed by atoms with Crippen LogP contribution >= 0.6 is 0 Å². The predicted octanol–water partition coefficient (Wildman–Crippen LogP) is -1.31. The van der Waals surface area contributed by atoms with E-state index >= 15 is 0 Å². The second-order valence-corrected chi connectivity index (χ2v) is 3.19. The van der Waals surface area contributed by atoms with Crippen molar-refractivity contribution in [2.24, 2.45) is 5.90 Å². The number of ether oxygens (including phenoxy) is 1. The fourth-order valence-electron chi connectivity index (χ4n) is 0.715. The summed E-state index contributed by atoms with van der Waals surface area (Å²) in [6.07, 6.45) is 0.0681. The van der Waals surface area contributed by atoms with Crippen molar-refractivity contribution < 1.29 is 24.9 Å². The molecule has 6 nitrogen and oxygen atoms in total. The van der Waals surface area contributed by atoms with E-state index in [4.69, 9.17) is 11.0 Å². The van der Waals surface area contributed by atoms with Crippen LogP contribution in [0.4, 0.5) is 0 Å². The molecule has 0 heterocycles. The highest BCUT2D eigenvalue weighted by Crippen LogP contribution is 2.19. The van der Waals surface area contributed by atoms with Gasteiger partial charge < -0.3 is 20.1 Å².